The molecular formula is C23H33IN4O3. The summed E-state index contributed by atoms with van der Waals surface area (Å²) in [4.78, 5) is 8.76. The molecule has 1 heterocycles. The SMILES string of the molecule is CN=C(NCc1cccnc1OC1CCCC1)Nc1cccc(OCCCOC)c1.I. The van der Waals surface area contributed by atoms with Gasteiger partial charge in [-0.2, -0.15) is 0 Å². The predicted molar refractivity (Wildman–Crippen MR) is 135 cm³/mol. The van der Waals surface area contributed by atoms with Gasteiger partial charge in [0.2, 0.25) is 5.88 Å². The van der Waals surface area contributed by atoms with Gasteiger partial charge in [0.25, 0.3) is 0 Å². The normalized spacial score (nSPS) is 14.1. The maximum Gasteiger partial charge on any atom is 0.218 e. The average molecular weight is 540 g/mol. The van der Waals surface area contributed by atoms with Crippen LogP contribution in [0.4, 0.5) is 5.69 Å². The molecule has 2 aromatic rings. The summed E-state index contributed by atoms with van der Waals surface area (Å²) in [6.45, 7) is 1.88. The summed E-state index contributed by atoms with van der Waals surface area (Å²) in [5.41, 5.74) is 1.92. The highest BCUT2D eigenvalue weighted by Gasteiger charge is 2.18. The van der Waals surface area contributed by atoms with E-state index in [0.29, 0.717) is 31.6 Å². The number of nitrogens with zero attached hydrogens (tertiary/aromatic N) is 2. The van der Waals surface area contributed by atoms with Crippen molar-refractivity contribution in [3.05, 3.63) is 48.2 Å². The monoisotopic (exact) mass is 540 g/mol. The Kier molecular flexibility index (Phi) is 11.4. The number of benzene rings is 1. The highest BCUT2D eigenvalue weighted by Crippen LogP contribution is 2.25. The number of halogens is 1. The van der Waals surface area contributed by atoms with E-state index in [1.807, 2.05) is 36.4 Å². The lowest BCUT2D eigenvalue weighted by atomic mass is 10.2. The molecule has 0 amide bonds. The lowest BCUT2D eigenvalue weighted by Gasteiger charge is -2.17. The molecule has 1 saturated carbocycles. The van der Waals surface area contributed by atoms with Crippen LogP contribution in [0.3, 0.4) is 0 Å². The Morgan fingerprint density at radius 1 is 1.16 bits per heavy atom. The van der Waals surface area contributed by atoms with E-state index in [2.05, 4.69) is 20.6 Å². The van der Waals surface area contributed by atoms with E-state index in [1.54, 1.807) is 20.4 Å². The summed E-state index contributed by atoms with van der Waals surface area (Å²) in [5, 5.41) is 6.65. The van der Waals surface area contributed by atoms with Gasteiger partial charge in [-0.15, -0.1) is 24.0 Å². The first-order valence-electron chi connectivity index (χ1n) is 10.6. The van der Waals surface area contributed by atoms with Crippen LogP contribution in [-0.4, -0.2) is 44.4 Å². The number of pyridine rings is 1. The van der Waals surface area contributed by atoms with E-state index in [0.717, 1.165) is 36.3 Å². The van der Waals surface area contributed by atoms with Gasteiger partial charge in [-0.1, -0.05) is 12.1 Å². The minimum Gasteiger partial charge on any atom is -0.493 e. The van der Waals surface area contributed by atoms with E-state index in [1.165, 1.54) is 12.8 Å². The maximum absolute atomic E-state index is 6.12. The zero-order valence-corrected chi connectivity index (χ0v) is 20.6. The Labute approximate surface area is 202 Å². The first kappa shape index (κ1) is 25.2. The topological polar surface area (TPSA) is 77.0 Å². The molecule has 0 bridgehead atoms. The zero-order valence-electron chi connectivity index (χ0n) is 18.3. The fourth-order valence-corrected chi connectivity index (χ4v) is 3.38. The number of rotatable bonds is 10. The fraction of sp³-hybridized carbons (Fsp3) is 0.478. The number of anilines is 1. The Hall–Kier alpha value is -2.07. The number of ether oxygens (including phenoxy) is 3. The van der Waals surface area contributed by atoms with Crippen molar-refractivity contribution in [2.45, 2.75) is 44.8 Å². The summed E-state index contributed by atoms with van der Waals surface area (Å²) < 4.78 is 16.9. The second-order valence-electron chi connectivity index (χ2n) is 7.27. The Balaban J connectivity index is 0.00000341. The molecule has 0 radical (unpaired) electrons. The van der Waals surface area contributed by atoms with Gasteiger partial charge in [0.05, 0.1) is 6.61 Å². The van der Waals surface area contributed by atoms with Gasteiger partial charge in [-0.3, -0.25) is 4.99 Å². The molecular weight excluding hydrogens is 507 g/mol. The van der Waals surface area contributed by atoms with E-state index < -0.39 is 0 Å². The van der Waals surface area contributed by atoms with Crippen LogP contribution in [0.25, 0.3) is 0 Å². The first-order valence-corrected chi connectivity index (χ1v) is 10.6. The molecule has 1 aliphatic rings. The number of aliphatic imine (C=N–C) groups is 1. The lowest BCUT2D eigenvalue weighted by molar-refractivity contribution is 0.172. The molecule has 1 fully saturated rings. The van der Waals surface area contributed by atoms with Gasteiger partial charge >= 0.3 is 0 Å². The van der Waals surface area contributed by atoms with Crippen molar-refractivity contribution in [1.82, 2.24) is 10.3 Å². The van der Waals surface area contributed by atoms with Gasteiger partial charge in [-0.05, 0) is 43.9 Å². The van der Waals surface area contributed by atoms with Crippen molar-refractivity contribution in [3.8, 4) is 11.6 Å². The summed E-state index contributed by atoms with van der Waals surface area (Å²) >= 11 is 0. The van der Waals surface area contributed by atoms with Crippen molar-refractivity contribution >= 4 is 35.6 Å². The van der Waals surface area contributed by atoms with Crippen molar-refractivity contribution in [2.24, 2.45) is 4.99 Å². The molecule has 1 aromatic carbocycles. The molecule has 8 heteroatoms. The summed E-state index contributed by atoms with van der Waals surface area (Å²) in [7, 11) is 3.44. The number of hydrogen-bond acceptors (Lipinski definition) is 5. The highest BCUT2D eigenvalue weighted by atomic mass is 127. The smallest absolute Gasteiger partial charge is 0.218 e. The molecule has 7 nitrogen and oxygen atoms in total. The molecule has 0 aliphatic heterocycles. The molecule has 3 rings (SSSR count). The largest absolute Gasteiger partial charge is 0.493 e. The Morgan fingerprint density at radius 2 is 2.00 bits per heavy atom. The average Bonchev–Trinajstić information content (AvgIpc) is 3.28. The molecule has 0 atom stereocenters. The lowest BCUT2D eigenvalue weighted by Crippen LogP contribution is -2.30. The highest BCUT2D eigenvalue weighted by molar-refractivity contribution is 14.0. The Morgan fingerprint density at radius 3 is 2.77 bits per heavy atom. The molecule has 0 unspecified atom stereocenters. The van der Waals surface area contributed by atoms with Gasteiger partial charge in [0.15, 0.2) is 5.96 Å². The molecule has 2 N–H and O–H groups in total. The second-order valence-corrected chi connectivity index (χ2v) is 7.27. The molecule has 0 saturated heterocycles. The quantitative estimate of drug-likeness (QED) is 0.198. The molecule has 0 spiro atoms. The number of aromatic nitrogens is 1. The summed E-state index contributed by atoms with van der Waals surface area (Å²) in [6, 6.07) is 11.8. The van der Waals surface area contributed by atoms with Crippen LogP contribution in [0.15, 0.2) is 47.6 Å². The van der Waals surface area contributed by atoms with Gasteiger partial charge in [0, 0.05) is 57.2 Å². The van der Waals surface area contributed by atoms with Crippen molar-refractivity contribution in [1.29, 1.82) is 0 Å². The third-order valence-electron chi connectivity index (χ3n) is 4.96. The van der Waals surface area contributed by atoms with Crippen LogP contribution in [0.2, 0.25) is 0 Å². The summed E-state index contributed by atoms with van der Waals surface area (Å²) in [5.74, 6) is 2.19. The van der Waals surface area contributed by atoms with E-state index >= 15 is 0 Å². The third-order valence-corrected chi connectivity index (χ3v) is 4.96. The van der Waals surface area contributed by atoms with Crippen LogP contribution in [-0.2, 0) is 11.3 Å². The van der Waals surface area contributed by atoms with Crippen LogP contribution in [0, 0.1) is 0 Å². The number of methoxy groups -OCH3 is 1. The fourth-order valence-electron chi connectivity index (χ4n) is 3.38. The van der Waals surface area contributed by atoms with Crippen LogP contribution in [0.5, 0.6) is 11.6 Å². The zero-order chi connectivity index (χ0) is 21.0. The third kappa shape index (κ3) is 8.53. The van der Waals surface area contributed by atoms with E-state index in [4.69, 9.17) is 14.2 Å². The molecule has 170 valence electrons. The van der Waals surface area contributed by atoms with Gasteiger partial charge < -0.3 is 24.8 Å². The molecule has 1 aliphatic carbocycles. The molecule has 31 heavy (non-hydrogen) atoms. The minimum absolute atomic E-state index is 0. The summed E-state index contributed by atoms with van der Waals surface area (Å²) in [6.07, 6.45) is 7.59. The van der Waals surface area contributed by atoms with Crippen LogP contribution < -0.4 is 20.1 Å². The minimum atomic E-state index is 0. The number of guanidine groups is 1. The number of hydrogen-bond donors (Lipinski definition) is 2. The van der Waals surface area contributed by atoms with Gasteiger partial charge in [-0.25, -0.2) is 4.98 Å². The van der Waals surface area contributed by atoms with Crippen molar-refractivity contribution < 1.29 is 14.2 Å². The second kappa shape index (κ2) is 14.1. The maximum atomic E-state index is 6.12. The van der Waals surface area contributed by atoms with Crippen molar-refractivity contribution in [2.75, 3.05) is 32.7 Å². The Bertz CT molecular complexity index is 813. The van der Waals surface area contributed by atoms with Crippen LogP contribution >= 0.6 is 24.0 Å². The van der Waals surface area contributed by atoms with Crippen LogP contribution in [0.1, 0.15) is 37.7 Å². The number of nitrogens with one attached hydrogen (secondary N) is 2. The standard InChI is InChI=1S/C23H32N4O3.HI/c1-24-23(27-19-9-5-12-21(16-19)29-15-7-14-28-2)26-17-18-8-6-13-25-22(18)30-20-10-3-4-11-20;/h5-6,8-9,12-13,16,20H,3-4,7,10-11,14-15,17H2,1-2H3,(H2,24,26,27);1H. The molecule has 1 aromatic heterocycles. The predicted octanol–water partition coefficient (Wildman–Crippen LogP) is 4.62. The van der Waals surface area contributed by atoms with Crippen molar-refractivity contribution in [3.63, 3.8) is 0 Å². The van der Waals surface area contributed by atoms with Gasteiger partial charge in [0.1, 0.15) is 11.9 Å². The van der Waals surface area contributed by atoms with E-state index in [-0.39, 0.29) is 30.1 Å². The van der Waals surface area contributed by atoms with E-state index in [9.17, 15) is 0 Å². The first-order chi connectivity index (χ1) is 14.8.